The minimum absolute atomic E-state index is 0.291. The molecule has 0 amide bonds. The monoisotopic (exact) mass is 351 g/mol. The highest BCUT2D eigenvalue weighted by Crippen LogP contribution is 2.30. The topological polar surface area (TPSA) is 60.2 Å². The summed E-state index contributed by atoms with van der Waals surface area (Å²) in [7, 11) is 0. The lowest BCUT2D eigenvalue weighted by molar-refractivity contribution is 0.256. The van der Waals surface area contributed by atoms with E-state index >= 15 is 0 Å². The first kappa shape index (κ1) is 14.5. The van der Waals surface area contributed by atoms with Crippen molar-refractivity contribution < 1.29 is 9.15 Å². The summed E-state index contributed by atoms with van der Waals surface area (Å²) in [6.45, 7) is 4.91. The first-order valence-corrected chi connectivity index (χ1v) is 7.85. The molecule has 21 heavy (non-hydrogen) atoms. The Bertz CT molecular complexity index is 638. The molecule has 1 aromatic carbocycles. The zero-order valence-electron chi connectivity index (χ0n) is 12.1. The maximum Gasteiger partial charge on any atom is 0.253 e. The normalized spacial score (nSPS) is 14.4. The minimum atomic E-state index is 0.291. The molecule has 1 aliphatic carbocycles. The molecule has 3 rings (SSSR count). The number of ether oxygens (including phenoxy) is 1. The largest absolute Gasteiger partial charge is 0.483 e. The molecule has 0 spiro atoms. The van der Waals surface area contributed by atoms with Crippen LogP contribution < -0.4 is 10.1 Å². The first-order valence-electron chi connectivity index (χ1n) is 7.06. The van der Waals surface area contributed by atoms with Crippen LogP contribution in [0.15, 0.2) is 21.0 Å². The number of hydrogen-bond donors (Lipinski definition) is 1. The number of hydrogen-bond acceptors (Lipinski definition) is 5. The number of aromatic nitrogens is 2. The third-order valence-electron chi connectivity index (χ3n) is 3.38. The smallest absolute Gasteiger partial charge is 0.253 e. The van der Waals surface area contributed by atoms with Crippen LogP contribution in [0.1, 0.15) is 35.7 Å². The molecular formula is C15H18BrN3O2. The van der Waals surface area contributed by atoms with Gasteiger partial charge in [-0.3, -0.25) is 0 Å². The van der Waals surface area contributed by atoms with Gasteiger partial charge in [-0.1, -0.05) is 15.9 Å². The molecule has 112 valence electrons. The number of rotatable bonds is 6. The van der Waals surface area contributed by atoms with Gasteiger partial charge in [0.25, 0.3) is 5.89 Å². The molecule has 0 saturated heterocycles. The Hall–Kier alpha value is -1.40. The highest BCUT2D eigenvalue weighted by atomic mass is 79.9. The average molecular weight is 352 g/mol. The van der Waals surface area contributed by atoms with Gasteiger partial charge >= 0.3 is 0 Å². The van der Waals surface area contributed by atoms with Crippen LogP contribution in [0.4, 0.5) is 0 Å². The number of halogens is 1. The molecule has 0 bridgehead atoms. The lowest BCUT2D eigenvalue weighted by atomic mass is 10.1. The lowest BCUT2D eigenvalue weighted by Gasteiger charge is -2.14. The molecule has 1 fully saturated rings. The molecule has 1 aliphatic rings. The lowest BCUT2D eigenvalue weighted by Crippen LogP contribution is -2.16. The molecule has 1 N–H and O–H groups in total. The van der Waals surface area contributed by atoms with Crippen LogP contribution in [0.5, 0.6) is 5.75 Å². The van der Waals surface area contributed by atoms with Crippen LogP contribution in [0.25, 0.3) is 0 Å². The van der Waals surface area contributed by atoms with Gasteiger partial charge in [0.1, 0.15) is 5.75 Å². The number of aryl methyl sites for hydroxylation is 2. The molecule has 6 heteroatoms. The van der Waals surface area contributed by atoms with Crippen molar-refractivity contribution in [2.45, 2.75) is 45.9 Å². The van der Waals surface area contributed by atoms with Gasteiger partial charge in [-0.15, -0.1) is 10.2 Å². The van der Waals surface area contributed by atoms with E-state index in [1.165, 1.54) is 12.8 Å². The molecule has 1 aromatic heterocycles. The number of nitrogens with zero attached hydrogens (tertiary/aromatic N) is 2. The zero-order valence-corrected chi connectivity index (χ0v) is 13.7. The van der Waals surface area contributed by atoms with E-state index in [0.717, 1.165) is 27.9 Å². The molecule has 5 nitrogen and oxygen atoms in total. The van der Waals surface area contributed by atoms with Gasteiger partial charge in [0, 0.05) is 29.5 Å². The standard InChI is InChI=1S/C15H18BrN3O2/c1-9-5-12(16)6-11(7-17-13-3-4-13)15(9)20-8-14-19-18-10(2)21-14/h5-6,13,17H,3-4,7-8H2,1-2H3. The molecule has 0 aliphatic heterocycles. The van der Waals surface area contributed by atoms with E-state index < -0.39 is 0 Å². The van der Waals surface area contributed by atoms with Crippen LogP contribution in [0, 0.1) is 13.8 Å². The molecular weight excluding hydrogens is 334 g/mol. The van der Waals surface area contributed by atoms with E-state index in [0.29, 0.717) is 24.4 Å². The van der Waals surface area contributed by atoms with Crippen molar-refractivity contribution in [1.82, 2.24) is 15.5 Å². The fourth-order valence-electron chi connectivity index (χ4n) is 2.21. The predicted octanol–water partition coefficient (Wildman–Crippen LogP) is 3.28. The van der Waals surface area contributed by atoms with Gasteiger partial charge in [-0.05, 0) is 37.5 Å². The highest BCUT2D eigenvalue weighted by Gasteiger charge is 2.21. The van der Waals surface area contributed by atoms with Crippen molar-refractivity contribution in [2.75, 3.05) is 0 Å². The van der Waals surface area contributed by atoms with Crippen LogP contribution in [-0.4, -0.2) is 16.2 Å². The summed E-state index contributed by atoms with van der Waals surface area (Å²) >= 11 is 3.54. The fourth-order valence-corrected chi connectivity index (χ4v) is 2.83. The number of benzene rings is 1. The summed E-state index contributed by atoms with van der Waals surface area (Å²) in [5, 5.41) is 11.3. The number of nitrogens with one attached hydrogen (secondary N) is 1. The Morgan fingerprint density at radius 1 is 1.33 bits per heavy atom. The summed E-state index contributed by atoms with van der Waals surface area (Å²) in [5.41, 5.74) is 2.23. The molecule has 1 saturated carbocycles. The first-order chi connectivity index (χ1) is 10.1. The van der Waals surface area contributed by atoms with Crippen LogP contribution in [0.3, 0.4) is 0 Å². The minimum Gasteiger partial charge on any atom is -0.483 e. The summed E-state index contributed by atoms with van der Waals surface area (Å²) in [6.07, 6.45) is 2.54. The van der Waals surface area contributed by atoms with Crippen LogP contribution in [0.2, 0.25) is 0 Å². The predicted molar refractivity (Wildman–Crippen MR) is 82.1 cm³/mol. The molecule has 0 atom stereocenters. The van der Waals surface area contributed by atoms with E-state index in [4.69, 9.17) is 9.15 Å². The Labute approximate surface area is 132 Å². The Morgan fingerprint density at radius 3 is 2.81 bits per heavy atom. The van der Waals surface area contributed by atoms with Gasteiger partial charge in [-0.2, -0.15) is 0 Å². The highest BCUT2D eigenvalue weighted by molar-refractivity contribution is 9.10. The summed E-state index contributed by atoms with van der Waals surface area (Å²) in [5.74, 6) is 1.94. The quantitative estimate of drug-likeness (QED) is 0.865. The maximum atomic E-state index is 5.92. The Morgan fingerprint density at radius 2 is 2.14 bits per heavy atom. The van der Waals surface area contributed by atoms with Crippen molar-refractivity contribution in [2.24, 2.45) is 0 Å². The second kappa shape index (κ2) is 6.15. The van der Waals surface area contributed by atoms with E-state index in [2.05, 4.69) is 43.6 Å². The van der Waals surface area contributed by atoms with E-state index in [9.17, 15) is 0 Å². The summed E-state index contributed by atoms with van der Waals surface area (Å²) in [4.78, 5) is 0. The van der Waals surface area contributed by atoms with Gasteiger partial charge < -0.3 is 14.5 Å². The van der Waals surface area contributed by atoms with E-state index in [1.807, 2.05) is 6.92 Å². The summed E-state index contributed by atoms with van der Waals surface area (Å²) in [6, 6.07) is 4.81. The second-order valence-electron chi connectivity index (χ2n) is 5.37. The average Bonchev–Trinajstić information content (AvgIpc) is 3.17. The second-order valence-corrected chi connectivity index (χ2v) is 6.29. The van der Waals surface area contributed by atoms with Crippen molar-refractivity contribution in [3.8, 4) is 5.75 Å². The van der Waals surface area contributed by atoms with Gasteiger partial charge in [0.2, 0.25) is 5.89 Å². The Kier molecular flexibility index (Phi) is 4.26. The van der Waals surface area contributed by atoms with Gasteiger partial charge in [0.05, 0.1) is 0 Å². The van der Waals surface area contributed by atoms with Gasteiger partial charge in [-0.25, -0.2) is 0 Å². The summed E-state index contributed by atoms with van der Waals surface area (Å²) < 4.78 is 12.3. The Balaban J connectivity index is 1.74. The maximum absolute atomic E-state index is 5.92. The van der Waals surface area contributed by atoms with Crippen molar-refractivity contribution in [3.05, 3.63) is 39.5 Å². The molecule has 0 unspecified atom stereocenters. The molecule has 2 aromatic rings. The van der Waals surface area contributed by atoms with Crippen molar-refractivity contribution in [1.29, 1.82) is 0 Å². The van der Waals surface area contributed by atoms with E-state index in [1.54, 1.807) is 6.92 Å². The third kappa shape index (κ3) is 3.83. The van der Waals surface area contributed by atoms with Gasteiger partial charge in [0.15, 0.2) is 6.61 Å². The van der Waals surface area contributed by atoms with Crippen molar-refractivity contribution >= 4 is 15.9 Å². The third-order valence-corrected chi connectivity index (χ3v) is 3.84. The zero-order chi connectivity index (χ0) is 14.8. The van der Waals surface area contributed by atoms with Crippen LogP contribution >= 0.6 is 15.9 Å². The van der Waals surface area contributed by atoms with Crippen molar-refractivity contribution in [3.63, 3.8) is 0 Å². The van der Waals surface area contributed by atoms with Crippen LogP contribution in [-0.2, 0) is 13.2 Å². The molecule has 0 radical (unpaired) electrons. The fraction of sp³-hybridized carbons (Fsp3) is 0.467. The van der Waals surface area contributed by atoms with E-state index in [-0.39, 0.29) is 0 Å². The SMILES string of the molecule is Cc1nnc(COc2c(C)cc(Br)cc2CNC2CC2)o1. The molecule has 1 heterocycles.